The summed E-state index contributed by atoms with van der Waals surface area (Å²) in [5.74, 6) is 5.04. The summed E-state index contributed by atoms with van der Waals surface area (Å²) in [6, 6.07) is 7.35. The van der Waals surface area contributed by atoms with Gasteiger partial charge in [0.05, 0.1) is 7.11 Å². The zero-order chi connectivity index (χ0) is 14.4. The van der Waals surface area contributed by atoms with E-state index >= 15 is 0 Å². The van der Waals surface area contributed by atoms with Crippen molar-refractivity contribution in [3.63, 3.8) is 0 Å². The molecule has 0 radical (unpaired) electrons. The van der Waals surface area contributed by atoms with Crippen molar-refractivity contribution in [3.8, 4) is 5.75 Å². The highest BCUT2D eigenvalue weighted by atomic mass is 16.5. The molecule has 0 aliphatic heterocycles. The Hall–Kier alpha value is -1.02. The quantitative estimate of drug-likeness (QED) is 0.905. The molecule has 4 saturated carbocycles. The third-order valence-electron chi connectivity index (χ3n) is 6.23. The number of benzene rings is 1. The van der Waals surface area contributed by atoms with Crippen molar-refractivity contribution in [3.05, 3.63) is 29.3 Å². The molecule has 114 valence electrons. The van der Waals surface area contributed by atoms with Crippen molar-refractivity contribution >= 4 is 0 Å². The number of nitrogens with one attached hydrogen (secondary N) is 1. The minimum absolute atomic E-state index is 0.778. The molecule has 1 N–H and O–H groups in total. The van der Waals surface area contributed by atoms with Gasteiger partial charge in [0.15, 0.2) is 0 Å². The molecule has 0 aromatic heterocycles. The van der Waals surface area contributed by atoms with Crippen LogP contribution >= 0.6 is 0 Å². The molecule has 0 saturated heterocycles. The summed E-state index contributed by atoms with van der Waals surface area (Å²) in [4.78, 5) is 0. The van der Waals surface area contributed by atoms with Crippen molar-refractivity contribution in [1.82, 2.24) is 5.32 Å². The van der Waals surface area contributed by atoms with Crippen LogP contribution in [0.1, 0.15) is 43.2 Å². The summed E-state index contributed by atoms with van der Waals surface area (Å²) in [6.45, 7) is 3.14. The van der Waals surface area contributed by atoms with Gasteiger partial charge in [0.25, 0.3) is 0 Å². The number of hydrogen-bond acceptors (Lipinski definition) is 2. The van der Waals surface area contributed by atoms with E-state index in [1.54, 1.807) is 7.11 Å². The molecular formula is C19H27NO. The van der Waals surface area contributed by atoms with Crippen molar-refractivity contribution < 1.29 is 4.74 Å². The van der Waals surface area contributed by atoms with E-state index in [1.165, 1.54) is 43.2 Å². The molecule has 1 aromatic carbocycles. The molecule has 0 amide bonds. The van der Waals surface area contributed by atoms with Gasteiger partial charge in [-0.2, -0.15) is 0 Å². The van der Waals surface area contributed by atoms with E-state index in [0.29, 0.717) is 0 Å². The Morgan fingerprint density at radius 1 is 1.05 bits per heavy atom. The molecular weight excluding hydrogens is 258 g/mol. The highest BCUT2D eigenvalue weighted by Crippen LogP contribution is 2.53. The zero-order valence-corrected chi connectivity index (χ0v) is 13.3. The topological polar surface area (TPSA) is 21.3 Å². The molecule has 4 aliphatic rings. The van der Waals surface area contributed by atoms with Crippen molar-refractivity contribution in [2.24, 2.45) is 23.7 Å². The second-order valence-corrected chi connectivity index (χ2v) is 7.64. The first-order valence-electron chi connectivity index (χ1n) is 8.60. The van der Waals surface area contributed by atoms with Crippen LogP contribution in [0.2, 0.25) is 0 Å². The number of methoxy groups -OCH3 is 1. The first-order valence-corrected chi connectivity index (χ1v) is 8.60. The average molecular weight is 285 g/mol. The van der Waals surface area contributed by atoms with E-state index in [-0.39, 0.29) is 0 Å². The number of ether oxygens (including phenoxy) is 1. The minimum atomic E-state index is 0.778. The Balaban J connectivity index is 1.42. The first kappa shape index (κ1) is 13.6. The van der Waals surface area contributed by atoms with Gasteiger partial charge in [0.1, 0.15) is 5.75 Å². The summed E-state index contributed by atoms with van der Waals surface area (Å²) in [6.07, 6.45) is 7.51. The Morgan fingerprint density at radius 2 is 1.71 bits per heavy atom. The number of aryl methyl sites for hydroxylation is 1. The maximum Gasteiger partial charge on any atom is 0.121 e. The van der Waals surface area contributed by atoms with E-state index in [0.717, 1.165) is 42.0 Å². The summed E-state index contributed by atoms with van der Waals surface area (Å²) in [5.41, 5.74) is 2.63. The molecule has 0 spiro atoms. The molecule has 2 heteroatoms. The van der Waals surface area contributed by atoms with Crippen LogP contribution in [-0.2, 0) is 6.54 Å². The zero-order valence-electron chi connectivity index (χ0n) is 13.3. The lowest BCUT2D eigenvalue weighted by atomic mass is 9.54. The third kappa shape index (κ3) is 2.48. The van der Waals surface area contributed by atoms with E-state index < -0.39 is 0 Å². The normalized spacial score (nSPS) is 37.0. The fourth-order valence-corrected chi connectivity index (χ4v) is 5.54. The van der Waals surface area contributed by atoms with Gasteiger partial charge in [-0.25, -0.2) is 0 Å². The van der Waals surface area contributed by atoms with Crippen LogP contribution in [0.15, 0.2) is 18.2 Å². The lowest BCUT2D eigenvalue weighted by Crippen LogP contribution is -2.54. The third-order valence-corrected chi connectivity index (χ3v) is 6.23. The maximum atomic E-state index is 5.35. The van der Waals surface area contributed by atoms with Gasteiger partial charge >= 0.3 is 0 Å². The Kier molecular flexibility index (Phi) is 3.45. The molecule has 21 heavy (non-hydrogen) atoms. The Morgan fingerprint density at radius 3 is 2.29 bits per heavy atom. The fourth-order valence-electron chi connectivity index (χ4n) is 5.54. The van der Waals surface area contributed by atoms with E-state index in [9.17, 15) is 0 Å². The average Bonchev–Trinajstić information content (AvgIpc) is 2.46. The van der Waals surface area contributed by atoms with E-state index in [1.807, 2.05) is 0 Å². The predicted molar refractivity (Wildman–Crippen MR) is 85.4 cm³/mol. The SMILES string of the molecule is COc1ccc(CNC2C3CC4CC(C3)CC2C4)cc1C. The van der Waals surface area contributed by atoms with Crippen LogP contribution in [0.3, 0.4) is 0 Å². The van der Waals surface area contributed by atoms with Gasteiger partial charge < -0.3 is 10.1 Å². The second-order valence-electron chi connectivity index (χ2n) is 7.64. The summed E-state index contributed by atoms with van der Waals surface area (Å²) in [5, 5.41) is 3.90. The lowest BCUT2D eigenvalue weighted by molar-refractivity contribution is -0.0142. The highest BCUT2D eigenvalue weighted by molar-refractivity contribution is 5.36. The summed E-state index contributed by atoms with van der Waals surface area (Å²) < 4.78 is 5.35. The molecule has 0 unspecified atom stereocenters. The van der Waals surface area contributed by atoms with Crippen LogP contribution in [0.5, 0.6) is 5.75 Å². The highest BCUT2D eigenvalue weighted by Gasteiger charge is 2.47. The van der Waals surface area contributed by atoms with Crippen LogP contribution in [0, 0.1) is 30.6 Å². The molecule has 0 atom stereocenters. The molecule has 1 aromatic rings. The van der Waals surface area contributed by atoms with Crippen LogP contribution in [0.25, 0.3) is 0 Å². The van der Waals surface area contributed by atoms with Gasteiger partial charge in [-0.15, -0.1) is 0 Å². The smallest absolute Gasteiger partial charge is 0.121 e. The fraction of sp³-hybridized carbons (Fsp3) is 0.684. The van der Waals surface area contributed by atoms with Crippen LogP contribution < -0.4 is 10.1 Å². The lowest BCUT2D eigenvalue weighted by Gasteiger charge is -2.54. The predicted octanol–water partition coefficient (Wildman–Crippen LogP) is 3.92. The van der Waals surface area contributed by atoms with Gasteiger partial charge in [-0.05, 0) is 79.9 Å². The maximum absolute atomic E-state index is 5.35. The van der Waals surface area contributed by atoms with E-state index in [2.05, 4.69) is 30.4 Å². The molecule has 4 fully saturated rings. The van der Waals surface area contributed by atoms with Gasteiger partial charge in [-0.3, -0.25) is 0 Å². The van der Waals surface area contributed by atoms with Crippen molar-refractivity contribution in [1.29, 1.82) is 0 Å². The van der Waals surface area contributed by atoms with E-state index in [4.69, 9.17) is 4.74 Å². The number of hydrogen-bond donors (Lipinski definition) is 1. The second kappa shape index (κ2) is 5.31. The Bertz CT molecular complexity index is 496. The Labute approximate surface area is 128 Å². The molecule has 4 bridgehead atoms. The summed E-state index contributed by atoms with van der Waals surface area (Å²) in [7, 11) is 1.74. The monoisotopic (exact) mass is 285 g/mol. The largest absolute Gasteiger partial charge is 0.496 e. The van der Waals surface area contributed by atoms with Crippen molar-refractivity contribution in [2.45, 2.75) is 51.6 Å². The van der Waals surface area contributed by atoms with Gasteiger partial charge in [-0.1, -0.05) is 12.1 Å². The molecule has 0 heterocycles. The molecule has 4 aliphatic carbocycles. The van der Waals surface area contributed by atoms with Crippen molar-refractivity contribution in [2.75, 3.05) is 7.11 Å². The standard InChI is InChI=1S/C19H27NO/c1-12-5-13(3-4-18(12)21-2)11-20-19-16-7-14-6-15(9-16)10-17(19)8-14/h3-5,14-17,19-20H,6-11H2,1-2H3. The van der Waals surface area contributed by atoms with Crippen LogP contribution in [-0.4, -0.2) is 13.2 Å². The van der Waals surface area contributed by atoms with Crippen LogP contribution in [0.4, 0.5) is 0 Å². The van der Waals surface area contributed by atoms with Gasteiger partial charge in [0.2, 0.25) is 0 Å². The first-order chi connectivity index (χ1) is 10.2. The molecule has 2 nitrogen and oxygen atoms in total. The number of rotatable bonds is 4. The minimum Gasteiger partial charge on any atom is -0.496 e. The van der Waals surface area contributed by atoms with Gasteiger partial charge in [0, 0.05) is 12.6 Å². The molecule has 5 rings (SSSR count). The summed E-state index contributed by atoms with van der Waals surface area (Å²) >= 11 is 0.